The van der Waals surface area contributed by atoms with Crippen LogP contribution in [0.25, 0.3) is 11.4 Å². The summed E-state index contributed by atoms with van der Waals surface area (Å²) in [5.74, 6) is 1.53. The Labute approximate surface area is 236 Å². The zero-order chi connectivity index (χ0) is 27.9. The van der Waals surface area contributed by atoms with Crippen LogP contribution in [-0.2, 0) is 23.1 Å². The number of nitrogens with zero attached hydrogens (tertiary/aromatic N) is 6. The van der Waals surface area contributed by atoms with E-state index in [0.29, 0.717) is 48.0 Å². The lowest BCUT2D eigenvalue weighted by atomic mass is 10.1. The van der Waals surface area contributed by atoms with Gasteiger partial charge in [0.25, 0.3) is 10.0 Å². The summed E-state index contributed by atoms with van der Waals surface area (Å²) < 4.78 is 26.0. The smallest absolute Gasteiger partial charge is 0.256 e. The van der Waals surface area contributed by atoms with Crippen molar-refractivity contribution in [2.24, 2.45) is 5.92 Å². The zero-order valence-electron chi connectivity index (χ0n) is 22.2. The van der Waals surface area contributed by atoms with Crippen molar-refractivity contribution in [3.8, 4) is 11.4 Å². The minimum absolute atomic E-state index is 0.0728. The highest BCUT2D eigenvalue weighted by Gasteiger charge is 2.37. The standard InChI is InChI=1S/C27H30N8O3S2/c1-34(2)16-20-6-5-19(39-20)13-29-23-11-25(30-14-22(23)26(36)17-3-4-17)32-24-9-10-28-27(33-24)18-12-31-35(15-18)40(37,38)21-7-8-21/h5-6,9-12,14-15,17,21H,3-4,7-8,13,16H2,1-2H3,(H2,28,29,30,32,33). The van der Waals surface area contributed by atoms with Gasteiger partial charge in [-0.3, -0.25) is 4.79 Å². The van der Waals surface area contributed by atoms with Crippen molar-refractivity contribution < 1.29 is 13.2 Å². The summed E-state index contributed by atoms with van der Waals surface area (Å²) in [5, 5.41) is 10.3. The molecule has 6 rings (SSSR count). The van der Waals surface area contributed by atoms with Crippen LogP contribution in [0.2, 0.25) is 0 Å². The molecule has 0 saturated heterocycles. The maximum atomic E-state index is 13.0. The van der Waals surface area contributed by atoms with E-state index in [1.54, 1.807) is 29.8 Å². The third kappa shape index (κ3) is 5.91. The van der Waals surface area contributed by atoms with Gasteiger partial charge in [0.15, 0.2) is 11.6 Å². The molecule has 2 aliphatic rings. The van der Waals surface area contributed by atoms with Crippen molar-refractivity contribution in [1.82, 2.24) is 29.0 Å². The van der Waals surface area contributed by atoms with E-state index < -0.39 is 10.0 Å². The second kappa shape index (κ2) is 10.7. The highest BCUT2D eigenvalue weighted by Crippen LogP contribution is 2.35. The van der Waals surface area contributed by atoms with E-state index in [2.05, 4.69) is 47.7 Å². The minimum Gasteiger partial charge on any atom is -0.379 e. The molecule has 4 aromatic rings. The number of Topliss-reactive ketones (excluding diaryl/α,β-unsaturated/α-hetero) is 1. The van der Waals surface area contributed by atoms with E-state index in [1.807, 2.05) is 20.2 Å². The topological polar surface area (TPSA) is 135 Å². The lowest BCUT2D eigenvalue weighted by molar-refractivity contribution is 0.0968. The Bertz CT molecular complexity index is 1660. The van der Waals surface area contributed by atoms with Gasteiger partial charge in [0.2, 0.25) is 0 Å². The number of aromatic nitrogens is 5. The normalized spacial score (nSPS) is 15.4. The monoisotopic (exact) mass is 578 g/mol. The summed E-state index contributed by atoms with van der Waals surface area (Å²) in [5.41, 5.74) is 1.81. The number of carbonyl (C=O) groups is 1. The van der Waals surface area contributed by atoms with Crippen LogP contribution in [0.3, 0.4) is 0 Å². The molecule has 4 heterocycles. The molecule has 0 unspecified atom stereocenters. The molecule has 0 aromatic carbocycles. The van der Waals surface area contributed by atoms with E-state index in [9.17, 15) is 13.2 Å². The van der Waals surface area contributed by atoms with Gasteiger partial charge >= 0.3 is 0 Å². The van der Waals surface area contributed by atoms with Gasteiger partial charge in [-0.05, 0) is 58.0 Å². The first-order valence-electron chi connectivity index (χ1n) is 13.2. The molecule has 0 amide bonds. The maximum absolute atomic E-state index is 13.0. The Morgan fingerprint density at radius 3 is 2.62 bits per heavy atom. The third-order valence-electron chi connectivity index (χ3n) is 6.70. The van der Waals surface area contributed by atoms with Crippen molar-refractivity contribution in [2.45, 2.75) is 44.0 Å². The molecule has 2 aliphatic carbocycles. The van der Waals surface area contributed by atoms with Crippen molar-refractivity contribution in [3.05, 3.63) is 64.4 Å². The molecular formula is C27H30N8O3S2. The first kappa shape index (κ1) is 26.5. The van der Waals surface area contributed by atoms with Gasteiger partial charge in [-0.2, -0.15) is 9.19 Å². The average molecular weight is 579 g/mol. The number of anilines is 3. The fourth-order valence-corrected chi connectivity index (χ4v) is 6.86. The van der Waals surface area contributed by atoms with Crippen LogP contribution in [0, 0.1) is 5.92 Å². The van der Waals surface area contributed by atoms with Crippen LogP contribution in [0.15, 0.2) is 49.1 Å². The first-order chi connectivity index (χ1) is 19.3. The number of hydrogen-bond acceptors (Lipinski definition) is 11. The summed E-state index contributed by atoms with van der Waals surface area (Å²) in [6.07, 6.45) is 9.25. The fraction of sp³-hybridized carbons (Fsp3) is 0.370. The largest absolute Gasteiger partial charge is 0.379 e. The average Bonchev–Trinajstić information content (AvgIpc) is 3.86. The van der Waals surface area contributed by atoms with Crippen LogP contribution in [-0.4, -0.2) is 62.6 Å². The van der Waals surface area contributed by atoms with Gasteiger partial charge in [0.05, 0.1) is 34.5 Å². The third-order valence-corrected chi connectivity index (χ3v) is 9.80. The number of nitrogens with one attached hydrogen (secondary N) is 2. The number of rotatable bonds is 12. The van der Waals surface area contributed by atoms with E-state index >= 15 is 0 Å². The van der Waals surface area contributed by atoms with Crippen LogP contribution in [0.5, 0.6) is 0 Å². The van der Waals surface area contributed by atoms with Crippen molar-refractivity contribution in [2.75, 3.05) is 24.7 Å². The molecule has 11 nitrogen and oxygen atoms in total. The molecule has 0 atom stereocenters. The minimum atomic E-state index is -3.47. The Kier molecular flexibility index (Phi) is 7.11. The number of pyridine rings is 1. The SMILES string of the molecule is CN(C)Cc1ccc(CNc2cc(Nc3ccnc(-c4cnn(S(=O)(=O)C5CC5)c4)n3)ncc2C(=O)C2CC2)s1. The summed E-state index contributed by atoms with van der Waals surface area (Å²) in [4.78, 5) is 30.9. The Morgan fingerprint density at radius 1 is 1.07 bits per heavy atom. The van der Waals surface area contributed by atoms with E-state index in [0.717, 1.165) is 29.2 Å². The number of thiophene rings is 1. The molecule has 0 spiro atoms. The van der Waals surface area contributed by atoms with Crippen LogP contribution in [0.1, 0.15) is 45.8 Å². The number of carbonyl (C=O) groups excluding carboxylic acids is 1. The van der Waals surface area contributed by atoms with Crippen LogP contribution >= 0.6 is 11.3 Å². The summed E-state index contributed by atoms with van der Waals surface area (Å²) in [6.45, 7) is 1.48. The predicted molar refractivity (Wildman–Crippen MR) is 154 cm³/mol. The maximum Gasteiger partial charge on any atom is 0.256 e. The number of ketones is 1. The molecule has 208 valence electrons. The number of hydrogen-bond donors (Lipinski definition) is 2. The second-order valence-electron chi connectivity index (χ2n) is 10.4. The van der Waals surface area contributed by atoms with Gasteiger partial charge in [0, 0.05) is 47.2 Å². The van der Waals surface area contributed by atoms with E-state index in [-0.39, 0.29) is 17.0 Å². The summed E-state index contributed by atoms with van der Waals surface area (Å²) in [7, 11) is 0.625. The molecule has 2 saturated carbocycles. The summed E-state index contributed by atoms with van der Waals surface area (Å²) >= 11 is 1.75. The van der Waals surface area contributed by atoms with Crippen molar-refractivity contribution in [3.63, 3.8) is 0 Å². The van der Waals surface area contributed by atoms with Crippen LogP contribution in [0.4, 0.5) is 17.3 Å². The first-order valence-corrected chi connectivity index (χ1v) is 15.5. The Balaban J connectivity index is 1.21. The fourth-order valence-electron chi connectivity index (χ4n) is 4.30. The quantitative estimate of drug-likeness (QED) is 0.236. The molecule has 40 heavy (non-hydrogen) atoms. The second-order valence-corrected chi connectivity index (χ2v) is 13.8. The molecule has 0 bridgehead atoms. The summed E-state index contributed by atoms with van der Waals surface area (Å²) in [6, 6.07) is 7.77. The van der Waals surface area contributed by atoms with Crippen LogP contribution < -0.4 is 10.6 Å². The highest BCUT2D eigenvalue weighted by molar-refractivity contribution is 7.90. The molecular weight excluding hydrogens is 548 g/mol. The predicted octanol–water partition coefficient (Wildman–Crippen LogP) is 4.15. The lowest BCUT2D eigenvalue weighted by Crippen LogP contribution is -2.17. The van der Waals surface area contributed by atoms with Crippen molar-refractivity contribution >= 4 is 44.5 Å². The van der Waals surface area contributed by atoms with Crippen molar-refractivity contribution in [1.29, 1.82) is 0 Å². The van der Waals surface area contributed by atoms with Gasteiger partial charge in [0.1, 0.15) is 11.6 Å². The molecule has 2 N–H and O–H groups in total. The van der Waals surface area contributed by atoms with Gasteiger partial charge < -0.3 is 15.5 Å². The molecule has 0 radical (unpaired) electrons. The molecule has 2 fully saturated rings. The Hall–Kier alpha value is -3.68. The highest BCUT2D eigenvalue weighted by atomic mass is 32.2. The van der Waals surface area contributed by atoms with E-state index in [1.165, 1.54) is 22.1 Å². The van der Waals surface area contributed by atoms with Gasteiger partial charge in [-0.15, -0.1) is 11.3 Å². The Morgan fingerprint density at radius 2 is 1.88 bits per heavy atom. The lowest BCUT2D eigenvalue weighted by Gasteiger charge is -2.13. The van der Waals surface area contributed by atoms with Gasteiger partial charge in [-0.25, -0.2) is 23.4 Å². The molecule has 4 aromatic heterocycles. The van der Waals surface area contributed by atoms with E-state index in [4.69, 9.17) is 0 Å². The van der Waals surface area contributed by atoms with Gasteiger partial charge in [-0.1, -0.05) is 0 Å². The molecule has 13 heteroatoms. The molecule has 0 aliphatic heterocycles. The zero-order valence-corrected chi connectivity index (χ0v) is 23.9.